The van der Waals surface area contributed by atoms with Crippen LogP contribution in [-0.4, -0.2) is 11.9 Å². The predicted molar refractivity (Wildman–Crippen MR) is 58.1 cm³/mol. The molecule has 3 N–H and O–H groups in total. The quantitative estimate of drug-likeness (QED) is 0.763. The summed E-state index contributed by atoms with van der Waals surface area (Å²) in [5.41, 5.74) is 7.48. The van der Waals surface area contributed by atoms with Gasteiger partial charge in [-0.1, -0.05) is 19.1 Å². The molecule has 0 fully saturated rings. The topological polar surface area (TPSA) is 55.1 Å². The molecule has 0 radical (unpaired) electrons. The van der Waals surface area contributed by atoms with Crippen LogP contribution in [-0.2, 0) is 11.2 Å². The number of aryl methyl sites for hydroxylation is 1. The van der Waals surface area contributed by atoms with Gasteiger partial charge < -0.3 is 11.1 Å². The van der Waals surface area contributed by atoms with Gasteiger partial charge in [0.25, 0.3) is 0 Å². The molecule has 1 amide bonds. The molecule has 1 atom stereocenters. The van der Waals surface area contributed by atoms with E-state index >= 15 is 0 Å². The third-order valence-electron chi connectivity index (χ3n) is 2.04. The van der Waals surface area contributed by atoms with E-state index in [1.807, 2.05) is 24.3 Å². The molecule has 0 aliphatic rings. The van der Waals surface area contributed by atoms with Crippen LogP contribution in [0.25, 0.3) is 0 Å². The van der Waals surface area contributed by atoms with Crippen LogP contribution < -0.4 is 11.1 Å². The van der Waals surface area contributed by atoms with Crippen LogP contribution in [0.3, 0.4) is 0 Å². The number of amides is 1. The zero-order valence-electron chi connectivity index (χ0n) is 8.58. The van der Waals surface area contributed by atoms with E-state index in [1.54, 1.807) is 6.92 Å². The van der Waals surface area contributed by atoms with E-state index < -0.39 is 6.04 Å². The van der Waals surface area contributed by atoms with Crippen LogP contribution in [0.15, 0.2) is 24.3 Å². The zero-order chi connectivity index (χ0) is 10.6. The van der Waals surface area contributed by atoms with E-state index in [1.165, 1.54) is 5.56 Å². The Morgan fingerprint density at radius 2 is 2.00 bits per heavy atom. The van der Waals surface area contributed by atoms with Gasteiger partial charge in [0.05, 0.1) is 6.04 Å². The van der Waals surface area contributed by atoms with Crippen LogP contribution in [0.4, 0.5) is 5.69 Å². The fourth-order valence-corrected chi connectivity index (χ4v) is 1.08. The SMILES string of the molecule is CCc1ccc(NC(=O)C(C)N)cc1. The van der Waals surface area contributed by atoms with Gasteiger partial charge in [-0.3, -0.25) is 4.79 Å². The van der Waals surface area contributed by atoms with Gasteiger partial charge in [0.15, 0.2) is 0 Å². The van der Waals surface area contributed by atoms with E-state index in [2.05, 4.69) is 12.2 Å². The van der Waals surface area contributed by atoms with Gasteiger partial charge in [-0.05, 0) is 31.0 Å². The summed E-state index contributed by atoms with van der Waals surface area (Å²) in [4.78, 5) is 11.2. The minimum atomic E-state index is -0.471. The van der Waals surface area contributed by atoms with E-state index in [0.717, 1.165) is 12.1 Å². The second-order valence-electron chi connectivity index (χ2n) is 3.33. The number of nitrogens with one attached hydrogen (secondary N) is 1. The highest BCUT2D eigenvalue weighted by Crippen LogP contribution is 2.09. The highest BCUT2D eigenvalue weighted by Gasteiger charge is 2.06. The van der Waals surface area contributed by atoms with Crippen molar-refractivity contribution in [2.75, 3.05) is 5.32 Å². The van der Waals surface area contributed by atoms with Crippen LogP contribution in [0, 0.1) is 0 Å². The van der Waals surface area contributed by atoms with Crippen molar-refractivity contribution in [3.05, 3.63) is 29.8 Å². The monoisotopic (exact) mass is 192 g/mol. The smallest absolute Gasteiger partial charge is 0.240 e. The van der Waals surface area contributed by atoms with Crippen molar-refractivity contribution in [3.8, 4) is 0 Å². The molecule has 3 heteroatoms. The van der Waals surface area contributed by atoms with Gasteiger partial charge in [0, 0.05) is 5.69 Å². The molecular weight excluding hydrogens is 176 g/mol. The van der Waals surface area contributed by atoms with Crippen LogP contribution in [0.1, 0.15) is 19.4 Å². The number of carbonyl (C=O) groups is 1. The molecule has 1 aromatic carbocycles. The first-order valence-electron chi connectivity index (χ1n) is 4.79. The Morgan fingerprint density at radius 3 is 2.43 bits per heavy atom. The lowest BCUT2D eigenvalue weighted by Crippen LogP contribution is -2.32. The molecule has 76 valence electrons. The molecule has 1 rings (SSSR count). The van der Waals surface area contributed by atoms with E-state index in [-0.39, 0.29) is 5.91 Å². The first-order valence-corrected chi connectivity index (χ1v) is 4.79. The molecule has 0 spiro atoms. The second kappa shape index (κ2) is 4.77. The van der Waals surface area contributed by atoms with Crippen molar-refractivity contribution in [3.63, 3.8) is 0 Å². The maximum Gasteiger partial charge on any atom is 0.240 e. The molecule has 14 heavy (non-hydrogen) atoms. The number of carbonyl (C=O) groups excluding carboxylic acids is 1. The Labute approximate surface area is 84.3 Å². The predicted octanol–water partition coefficient (Wildman–Crippen LogP) is 1.53. The van der Waals surface area contributed by atoms with Crippen molar-refractivity contribution in [1.29, 1.82) is 0 Å². The number of anilines is 1. The molecule has 3 nitrogen and oxygen atoms in total. The third kappa shape index (κ3) is 2.85. The molecule has 1 aromatic rings. The maximum atomic E-state index is 11.2. The lowest BCUT2D eigenvalue weighted by atomic mass is 10.1. The molecule has 0 saturated carbocycles. The van der Waals surface area contributed by atoms with Crippen LogP contribution >= 0.6 is 0 Å². The number of rotatable bonds is 3. The number of hydrogen-bond donors (Lipinski definition) is 2. The van der Waals surface area contributed by atoms with Gasteiger partial charge in [0.1, 0.15) is 0 Å². The van der Waals surface area contributed by atoms with Crippen molar-refractivity contribution in [2.45, 2.75) is 26.3 Å². The number of benzene rings is 1. The average Bonchev–Trinajstić information content (AvgIpc) is 2.19. The van der Waals surface area contributed by atoms with E-state index in [9.17, 15) is 4.79 Å². The van der Waals surface area contributed by atoms with Crippen molar-refractivity contribution < 1.29 is 4.79 Å². The van der Waals surface area contributed by atoms with Gasteiger partial charge in [0.2, 0.25) is 5.91 Å². The molecule has 0 aliphatic heterocycles. The molecule has 1 unspecified atom stereocenters. The van der Waals surface area contributed by atoms with Crippen molar-refractivity contribution in [1.82, 2.24) is 0 Å². The first-order chi connectivity index (χ1) is 6.63. The number of nitrogens with two attached hydrogens (primary N) is 1. The van der Waals surface area contributed by atoms with Crippen molar-refractivity contribution in [2.24, 2.45) is 5.73 Å². The van der Waals surface area contributed by atoms with E-state index in [4.69, 9.17) is 5.73 Å². The fourth-order valence-electron chi connectivity index (χ4n) is 1.08. The highest BCUT2D eigenvalue weighted by molar-refractivity contribution is 5.94. The molecule has 0 heterocycles. The van der Waals surface area contributed by atoms with Crippen molar-refractivity contribution >= 4 is 11.6 Å². The standard InChI is InChI=1S/C11H16N2O/c1-3-9-4-6-10(7-5-9)13-11(14)8(2)12/h4-8H,3,12H2,1-2H3,(H,13,14). The van der Waals surface area contributed by atoms with Gasteiger partial charge in [-0.2, -0.15) is 0 Å². The largest absolute Gasteiger partial charge is 0.325 e. The summed E-state index contributed by atoms with van der Waals surface area (Å²) in [6.45, 7) is 3.76. The van der Waals surface area contributed by atoms with Gasteiger partial charge in [-0.15, -0.1) is 0 Å². The van der Waals surface area contributed by atoms with Crippen LogP contribution in [0.5, 0.6) is 0 Å². The normalized spacial score (nSPS) is 12.2. The summed E-state index contributed by atoms with van der Waals surface area (Å²) in [6.07, 6.45) is 1.00. The number of hydrogen-bond acceptors (Lipinski definition) is 2. The Hall–Kier alpha value is -1.35. The third-order valence-corrected chi connectivity index (χ3v) is 2.04. The Balaban J connectivity index is 2.64. The average molecular weight is 192 g/mol. The Morgan fingerprint density at radius 1 is 1.43 bits per heavy atom. The fraction of sp³-hybridized carbons (Fsp3) is 0.364. The minimum Gasteiger partial charge on any atom is -0.325 e. The molecular formula is C11H16N2O. The molecule has 0 aliphatic carbocycles. The van der Waals surface area contributed by atoms with E-state index in [0.29, 0.717) is 0 Å². The minimum absolute atomic E-state index is 0.158. The molecule has 0 bridgehead atoms. The highest BCUT2D eigenvalue weighted by atomic mass is 16.2. The Bertz CT molecular complexity index is 304. The summed E-state index contributed by atoms with van der Waals surface area (Å²) in [5, 5.41) is 2.73. The maximum absolute atomic E-state index is 11.2. The molecule has 0 aromatic heterocycles. The van der Waals surface area contributed by atoms with Crippen LogP contribution in [0.2, 0.25) is 0 Å². The summed E-state index contributed by atoms with van der Waals surface area (Å²) < 4.78 is 0. The van der Waals surface area contributed by atoms with Gasteiger partial charge >= 0.3 is 0 Å². The summed E-state index contributed by atoms with van der Waals surface area (Å²) in [6, 6.07) is 7.30. The summed E-state index contributed by atoms with van der Waals surface area (Å²) >= 11 is 0. The first kappa shape index (κ1) is 10.7. The second-order valence-corrected chi connectivity index (χ2v) is 3.33. The summed E-state index contributed by atoms with van der Waals surface area (Å²) in [5.74, 6) is -0.158. The zero-order valence-corrected chi connectivity index (χ0v) is 8.58. The summed E-state index contributed by atoms with van der Waals surface area (Å²) in [7, 11) is 0. The lowest BCUT2D eigenvalue weighted by molar-refractivity contribution is -0.117. The molecule has 0 saturated heterocycles. The van der Waals surface area contributed by atoms with Gasteiger partial charge in [-0.25, -0.2) is 0 Å². The Kier molecular flexibility index (Phi) is 3.65. The lowest BCUT2D eigenvalue weighted by Gasteiger charge is -2.07.